The van der Waals surface area contributed by atoms with E-state index in [1.165, 1.54) is 10.9 Å². The molecule has 2 nitrogen and oxygen atoms in total. The van der Waals surface area contributed by atoms with Gasteiger partial charge in [-0.15, -0.1) is 11.6 Å². The van der Waals surface area contributed by atoms with Crippen LogP contribution in [0.25, 0.3) is 10.9 Å². The van der Waals surface area contributed by atoms with E-state index < -0.39 is 0 Å². The fraction of sp³-hybridized carbons (Fsp3) is 0.250. The number of H-pyrrole nitrogens is 1. The van der Waals surface area contributed by atoms with E-state index in [4.69, 9.17) is 16.9 Å². The second-order valence-corrected chi connectivity index (χ2v) is 3.71. The molecule has 0 bridgehead atoms. The summed E-state index contributed by atoms with van der Waals surface area (Å²) >= 11 is 5.86. The molecule has 2 aromatic rings. The van der Waals surface area contributed by atoms with E-state index in [-0.39, 0.29) is 0 Å². The molecule has 0 saturated heterocycles. The third kappa shape index (κ3) is 1.60. The third-order valence-electron chi connectivity index (χ3n) is 2.61. The number of aryl methyl sites for hydroxylation is 1. The van der Waals surface area contributed by atoms with Crippen LogP contribution in [-0.2, 0) is 12.3 Å². The van der Waals surface area contributed by atoms with Crippen LogP contribution >= 0.6 is 11.6 Å². The molecule has 0 unspecified atom stereocenters. The lowest BCUT2D eigenvalue weighted by molar-refractivity contribution is 1.09. The Morgan fingerprint density at radius 1 is 1.47 bits per heavy atom. The molecule has 76 valence electrons. The molecule has 1 N–H and O–H groups in total. The van der Waals surface area contributed by atoms with Gasteiger partial charge in [0.25, 0.3) is 0 Å². The maximum absolute atomic E-state index is 8.80. The smallest absolute Gasteiger partial charge is 0.0992 e. The molecule has 0 fully saturated rings. The Hall–Kier alpha value is -1.46. The molecule has 0 aliphatic carbocycles. The van der Waals surface area contributed by atoms with Gasteiger partial charge in [0.2, 0.25) is 0 Å². The van der Waals surface area contributed by atoms with Gasteiger partial charge in [0.05, 0.1) is 17.5 Å². The predicted molar refractivity (Wildman–Crippen MR) is 61.9 cm³/mol. The van der Waals surface area contributed by atoms with E-state index in [9.17, 15) is 0 Å². The summed E-state index contributed by atoms with van der Waals surface area (Å²) in [6.07, 6.45) is 0.952. The number of alkyl halides is 1. The minimum Gasteiger partial charge on any atom is -0.357 e. The van der Waals surface area contributed by atoms with Crippen molar-refractivity contribution in [1.29, 1.82) is 5.26 Å². The van der Waals surface area contributed by atoms with Gasteiger partial charge in [0, 0.05) is 16.6 Å². The molecular formula is C12H11ClN2. The van der Waals surface area contributed by atoms with Gasteiger partial charge in [-0.1, -0.05) is 13.0 Å². The Morgan fingerprint density at radius 2 is 2.27 bits per heavy atom. The van der Waals surface area contributed by atoms with Crippen LogP contribution in [-0.4, -0.2) is 4.98 Å². The Balaban J connectivity index is 2.72. The summed E-state index contributed by atoms with van der Waals surface area (Å²) in [5.41, 5.74) is 3.99. The molecule has 0 saturated carbocycles. The highest BCUT2D eigenvalue weighted by molar-refractivity contribution is 6.17. The number of nitrogens with one attached hydrogen (secondary N) is 1. The van der Waals surface area contributed by atoms with E-state index in [0.717, 1.165) is 17.6 Å². The molecule has 0 atom stereocenters. The first-order chi connectivity index (χ1) is 7.30. The highest BCUT2D eigenvalue weighted by Crippen LogP contribution is 2.24. The molecule has 0 spiro atoms. The van der Waals surface area contributed by atoms with Crippen LogP contribution in [0, 0.1) is 11.3 Å². The van der Waals surface area contributed by atoms with Crippen LogP contribution in [0.4, 0.5) is 0 Å². The average Bonchev–Trinajstić information content (AvgIpc) is 2.65. The quantitative estimate of drug-likeness (QED) is 0.772. The van der Waals surface area contributed by atoms with Crippen molar-refractivity contribution in [2.24, 2.45) is 0 Å². The van der Waals surface area contributed by atoms with Crippen molar-refractivity contribution in [3.63, 3.8) is 0 Å². The van der Waals surface area contributed by atoms with Crippen molar-refractivity contribution >= 4 is 22.5 Å². The molecule has 3 heteroatoms. The Bertz CT molecular complexity index is 534. The van der Waals surface area contributed by atoms with Gasteiger partial charge in [-0.05, 0) is 24.1 Å². The van der Waals surface area contributed by atoms with Crippen LogP contribution in [0.1, 0.15) is 23.7 Å². The first kappa shape index (κ1) is 10.1. The van der Waals surface area contributed by atoms with E-state index in [0.29, 0.717) is 11.4 Å². The average molecular weight is 219 g/mol. The number of hydrogen-bond acceptors (Lipinski definition) is 1. The summed E-state index contributed by atoms with van der Waals surface area (Å²) in [6.45, 7) is 2.11. The Morgan fingerprint density at radius 3 is 2.87 bits per heavy atom. The van der Waals surface area contributed by atoms with Crippen molar-refractivity contribution in [2.45, 2.75) is 19.2 Å². The molecular weight excluding hydrogens is 208 g/mol. The van der Waals surface area contributed by atoms with Crippen LogP contribution in [0.15, 0.2) is 18.2 Å². The Labute approximate surface area is 93.5 Å². The van der Waals surface area contributed by atoms with Crippen LogP contribution in [0.3, 0.4) is 0 Å². The minimum absolute atomic E-state index is 0.486. The molecule has 0 amide bonds. The highest BCUT2D eigenvalue weighted by Gasteiger charge is 2.08. The standard InChI is InChI=1S/C12H11ClN2/c1-2-9-10-4-3-8(7-14)5-11(10)15-12(9)6-13/h3-5,15H,2,6H2,1H3. The summed E-state index contributed by atoms with van der Waals surface area (Å²) < 4.78 is 0. The molecule has 2 rings (SSSR count). The Kier molecular flexibility index (Phi) is 2.66. The van der Waals surface area contributed by atoms with Crippen molar-refractivity contribution in [3.8, 4) is 6.07 Å². The maximum Gasteiger partial charge on any atom is 0.0992 e. The number of aromatic amines is 1. The zero-order chi connectivity index (χ0) is 10.8. The lowest BCUT2D eigenvalue weighted by Gasteiger charge is -1.96. The maximum atomic E-state index is 8.80. The second-order valence-electron chi connectivity index (χ2n) is 3.44. The van der Waals surface area contributed by atoms with E-state index >= 15 is 0 Å². The molecule has 0 aliphatic heterocycles. The normalized spacial score (nSPS) is 10.5. The van der Waals surface area contributed by atoms with E-state index in [1.807, 2.05) is 18.2 Å². The number of fused-ring (bicyclic) bond motifs is 1. The number of halogens is 1. The van der Waals surface area contributed by atoms with Crippen molar-refractivity contribution in [1.82, 2.24) is 4.98 Å². The first-order valence-electron chi connectivity index (χ1n) is 4.89. The number of nitrogens with zero attached hydrogens (tertiary/aromatic N) is 1. The van der Waals surface area contributed by atoms with Gasteiger partial charge in [-0.2, -0.15) is 5.26 Å². The van der Waals surface area contributed by atoms with Crippen molar-refractivity contribution < 1.29 is 0 Å². The predicted octanol–water partition coefficient (Wildman–Crippen LogP) is 3.34. The zero-order valence-corrected chi connectivity index (χ0v) is 9.23. The molecule has 15 heavy (non-hydrogen) atoms. The molecule has 0 radical (unpaired) electrons. The highest BCUT2D eigenvalue weighted by atomic mass is 35.5. The second kappa shape index (κ2) is 3.96. The van der Waals surface area contributed by atoms with Gasteiger partial charge in [-0.25, -0.2) is 0 Å². The number of benzene rings is 1. The lowest BCUT2D eigenvalue weighted by Crippen LogP contribution is -1.84. The van der Waals surface area contributed by atoms with Crippen molar-refractivity contribution in [2.75, 3.05) is 0 Å². The molecule has 1 aromatic heterocycles. The molecule has 1 heterocycles. The lowest BCUT2D eigenvalue weighted by atomic mass is 10.1. The van der Waals surface area contributed by atoms with Gasteiger partial charge < -0.3 is 4.98 Å². The SMILES string of the molecule is CCc1c(CCl)[nH]c2cc(C#N)ccc12. The minimum atomic E-state index is 0.486. The van der Waals surface area contributed by atoms with E-state index in [1.54, 1.807) is 0 Å². The number of hydrogen-bond donors (Lipinski definition) is 1. The van der Waals surface area contributed by atoms with Crippen LogP contribution in [0.2, 0.25) is 0 Å². The number of rotatable bonds is 2. The molecule has 1 aromatic carbocycles. The summed E-state index contributed by atoms with van der Waals surface area (Å²) in [4.78, 5) is 3.26. The topological polar surface area (TPSA) is 39.6 Å². The van der Waals surface area contributed by atoms with Gasteiger partial charge in [-0.3, -0.25) is 0 Å². The molecule has 0 aliphatic rings. The number of aromatic nitrogens is 1. The van der Waals surface area contributed by atoms with E-state index in [2.05, 4.69) is 18.0 Å². The third-order valence-corrected chi connectivity index (χ3v) is 2.88. The summed E-state index contributed by atoms with van der Waals surface area (Å²) in [5.74, 6) is 0.486. The van der Waals surface area contributed by atoms with Gasteiger partial charge in [0.1, 0.15) is 0 Å². The number of nitriles is 1. The monoisotopic (exact) mass is 218 g/mol. The van der Waals surface area contributed by atoms with Crippen LogP contribution < -0.4 is 0 Å². The fourth-order valence-corrected chi connectivity index (χ4v) is 2.13. The van der Waals surface area contributed by atoms with Crippen molar-refractivity contribution in [3.05, 3.63) is 35.0 Å². The first-order valence-corrected chi connectivity index (χ1v) is 5.43. The summed E-state index contributed by atoms with van der Waals surface area (Å²) in [5, 5.41) is 9.97. The largest absolute Gasteiger partial charge is 0.357 e. The zero-order valence-electron chi connectivity index (χ0n) is 8.47. The summed E-state index contributed by atoms with van der Waals surface area (Å²) in [7, 11) is 0. The van der Waals surface area contributed by atoms with Gasteiger partial charge >= 0.3 is 0 Å². The summed E-state index contributed by atoms with van der Waals surface area (Å²) in [6, 6.07) is 7.82. The fourth-order valence-electron chi connectivity index (χ4n) is 1.90. The van der Waals surface area contributed by atoms with Crippen LogP contribution in [0.5, 0.6) is 0 Å². The van der Waals surface area contributed by atoms with Gasteiger partial charge in [0.15, 0.2) is 0 Å².